The fourth-order valence-corrected chi connectivity index (χ4v) is 4.64. The number of likely N-dealkylation sites (tertiary alicyclic amines) is 1. The van der Waals surface area contributed by atoms with Gasteiger partial charge in [0.05, 0.1) is 0 Å². The fourth-order valence-electron chi connectivity index (χ4n) is 4.64. The lowest BCUT2D eigenvalue weighted by Gasteiger charge is -2.36. The summed E-state index contributed by atoms with van der Waals surface area (Å²) in [6.45, 7) is 15.7. The maximum absolute atomic E-state index is 4.85. The molecule has 0 atom stereocenters. The molecule has 0 radical (unpaired) electrons. The molecule has 0 aromatic heterocycles. The Morgan fingerprint density at radius 2 is 1.59 bits per heavy atom. The summed E-state index contributed by atoms with van der Waals surface area (Å²) in [4.78, 5) is 12.5. The van der Waals surface area contributed by atoms with Crippen molar-refractivity contribution in [2.75, 3.05) is 70.3 Å². The number of benzene rings is 1. The van der Waals surface area contributed by atoms with E-state index in [1.165, 1.54) is 70.6 Å². The van der Waals surface area contributed by atoms with E-state index in [-0.39, 0.29) is 24.0 Å². The molecule has 2 N–H and O–H groups in total. The minimum absolute atomic E-state index is 0. The molecule has 0 bridgehead atoms. The molecular formula is C25H45IN6. The molecule has 0 unspecified atom stereocenters. The first kappa shape index (κ1) is 27.2. The fraction of sp³-hybridized carbons (Fsp3) is 0.720. The molecule has 1 aromatic carbocycles. The predicted octanol–water partition coefficient (Wildman–Crippen LogP) is 3.64. The van der Waals surface area contributed by atoms with Gasteiger partial charge in [-0.25, -0.2) is 0 Å². The number of hydrogen-bond acceptors (Lipinski definition) is 4. The predicted molar refractivity (Wildman–Crippen MR) is 149 cm³/mol. The molecule has 182 valence electrons. The highest BCUT2D eigenvalue weighted by molar-refractivity contribution is 14.0. The molecule has 32 heavy (non-hydrogen) atoms. The lowest BCUT2D eigenvalue weighted by molar-refractivity contribution is 0.206. The third-order valence-electron chi connectivity index (χ3n) is 6.46. The summed E-state index contributed by atoms with van der Waals surface area (Å²) in [7, 11) is 0. The van der Waals surface area contributed by atoms with Gasteiger partial charge in [0, 0.05) is 64.1 Å². The number of unbranched alkanes of at least 4 members (excludes halogenated alkanes) is 1. The van der Waals surface area contributed by atoms with Crippen LogP contribution in [0.1, 0.15) is 46.0 Å². The van der Waals surface area contributed by atoms with E-state index in [4.69, 9.17) is 4.99 Å². The molecule has 0 amide bonds. The first-order valence-electron chi connectivity index (χ1n) is 12.6. The van der Waals surface area contributed by atoms with Crippen molar-refractivity contribution in [1.29, 1.82) is 0 Å². The number of piperidine rings is 1. The molecule has 2 fully saturated rings. The smallest absolute Gasteiger partial charge is 0.191 e. The van der Waals surface area contributed by atoms with Crippen molar-refractivity contribution in [3.8, 4) is 0 Å². The number of aliphatic imine (C=N–C) groups is 1. The summed E-state index contributed by atoms with van der Waals surface area (Å²) >= 11 is 0. The van der Waals surface area contributed by atoms with Crippen LogP contribution in [0.15, 0.2) is 35.3 Å². The van der Waals surface area contributed by atoms with Crippen molar-refractivity contribution in [1.82, 2.24) is 20.4 Å². The first-order chi connectivity index (χ1) is 15.3. The molecule has 3 rings (SSSR count). The number of nitrogens with one attached hydrogen (secondary N) is 2. The number of anilines is 1. The van der Waals surface area contributed by atoms with Gasteiger partial charge in [-0.2, -0.15) is 0 Å². The van der Waals surface area contributed by atoms with Crippen LogP contribution in [0, 0.1) is 0 Å². The summed E-state index contributed by atoms with van der Waals surface area (Å²) < 4.78 is 0. The second kappa shape index (κ2) is 15.7. The third-order valence-corrected chi connectivity index (χ3v) is 6.46. The van der Waals surface area contributed by atoms with E-state index < -0.39 is 0 Å². The van der Waals surface area contributed by atoms with Gasteiger partial charge in [0.15, 0.2) is 5.96 Å². The average Bonchev–Trinajstić information content (AvgIpc) is 2.81. The topological polar surface area (TPSA) is 46.1 Å². The molecule has 2 saturated heterocycles. The molecule has 0 saturated carbocycles. The van der Waals surface area contributed by atoms with E-state index in [0.717, 1.165) is 38.6 Å². The van der Waals surface area contributed by atoms with Crippen molar-refractivity contribution in [3.63, 3.8) is 0 Å². The van der Waals surface area contributed by atoms with Gasteiger partial charge in [-0.3, -0.25) is 9.89 Å². The Labute approximate surface area is 213 Å². The number of hydrogen-bond donors (Lipinski definition) is 2. The van der Waals surface area contributed by atoms with Gasteiger partial charge in [0.2, 0.25) is 0 Å². The second-order valence-electron chi connectivity index (χ2n) is 8.89. The first-order valence-corrected chi connectivity index (χ1v) is 12.6. The zero-order valence-electron chi connectivity index (χ0n) is 20.3. The molecular weight excluding hydrogens is 511 g/mol. The highest BCUT2D eigenvalue weighted by atomic mass is 127. The Morgan fingerprint density at radius 3 is 2.25 bits per heavy atom. The van der Waals surface area contributed by atoms with E-state index in [2.05, 4.69) is 69.5 Å². The lowest BCUT2D eigenvalue weighted by atomic mass is 10.1. The summed E-state index contributed by atoms with van der Waals surface area (Å²) in [5.41, 5.74) is 1.36. The highest BCUT2D eigenvalue weighted by Crippen LogP contribution is 2.15. The van der Waals surface area contributed by atoms with Crippen molar-refractivity contribution in [3.05, 3.63) is 30.3 Å². The summed E-state index contributed by atoms with van der Waals surface area (Å²) in [6.07, 6.45) is 6.08. The zero-order valence-corrected chi connectivity index (χ0v) is 22.6. The Balaban J connectivity index is 0.00000363. The maximum Gasteiger partial charge on any atom is 0.191 e. The number of halogens is 1. The van der Waals surface area contributed by atoms with Crippen LogP contribution in [0.4, 0.5) is 5.69 Å². The molecule has 0 spiro atoms. The molecule has 7 heteroatoms. The lowest BCUT2D eigenvalue weighted by Crippen LogP contribution is -2.48. The number of rotatable bonds is 10. The summed E-state index contributed by atoms with van der Waals surface area (Å²) in [5, 5.41) is 7.11. The Bertz CT molecular complexity index is 625. The van der Waals surface area contributed by atoms with Gasteiger partial charge in [0.1, 0.15) is 0 Å². The van der Waals surface area contributed by atoms with Crippen LogP contribution in [0.3, 0.4) is 0 Å². The number of para-hydroxylation sites is 1. The minimum Gasteiger partial charge on any atom is -0.369 e. The number of guanidine groups is 1. The Hall–Kier alpha value is -1.06. The molecule has 1 aromatic rings. The maximum atomic E-state index is 4.85. The van der Waals surface area contributed by atoms with Gasteiger partial charge in [-0.15, -0.1) is 24.0 Å². The van der Waals surface area contributed by atoms with Crippen molar-refractivity contribution in [2.24, 2.45) is 4.99 Å². The number of piperazine rings is 1. The van der Waals surface area contributed by atoms with E-state index >= 15 is 0 Å². The average molecular weight is 557 g/mol. The van der Waals surface area contributed by atoms with Crippen LogP contribution in [0.25, 0.3) is 0 Å². The molecule has 2 aliphatic heterocycles. The Morgan fingerprint density at radius 1 is 0.906 bits per heavy atom. The standard InChI is InChI=1S/C25H44N6.HI/c1-3-15-29-17-12-23(13-18-29)28-25(26-4-2)27-14-8-9-16-30-19-21-31(22-20-30)24-10-6-5-7-11-24;/h5-7,10-11,23H,3-4,8-9,12-22H2,1-2H3,(H2,26,27,28);1H. The van der Waals surface area contributed by atoms with Gasteiger partial charge >= 0.3 is 0 Å². The van der Waals surface area contributed by atoms with Gasteiger partial charge in [-0.1, -0.05) is 25.1 Å². The molecule has 0 aliphatic carbocycles. The third kappa shape index (κ3) is 9.43. The molecule has 2 heterocycles. The van der Waals surface area contributed by atoms with Crippen molar-refractivity contribution < 1.29 is 0 Å². The van der Waals surface area contributed by atoms with E-state index in [0.29, 0.717) is 6.04 Å². The second-order valence-corrected chi connectivity index (χ2v) is 8.89. The van der Waals surface area contributed by atoms with Crippen LogP contribution in [0.2, 0.25) is 0 Å². The van der Waals surface area contributed by atoms with E-state index in [9.17, 15) is 0 Å². The van der Waals surface area contributed by atoms with Crippen LogP contribution in [-0.4, -0.2) is 87.2 Å². The summed E-state index contributed by atoms with van der Waals surface area (Å²) in [6, 6.07) is 11.4. The van der Waals surface area contributed by atoms with Crippen molar-refractivity contribution in [2.45, 2.75) is 52.0 Å². The quantitative estimate of drug-likeness (QED) is 0.200. The van der Waals surface area contributed by atoms with Crippen LogP contribution < -0.4 is 15.5 Å². The van der Waals surface area contributed by atoms with Crippen molar-refractivity contribution >= 4 is 35.6 Å². The Kier molecular flexibility index (Phi) is 13.4. The number of nitrogens with zero attached hydrogens (tertiary/aromatic N) is 4. The molecule has 6 nitrogen and oxygen atoms in total. The van der Waals surface area contributed by atoms with Gasteiger partial charge in [-0.05, 0) is 64.3 Å². The van der Waals surface area contributed by atoms with Crippen LogP contribution >= 0.6 is 24.0 Å². The zero-order chi connectivity index (χ0) is 21.7. The van der Waals surface area contributed by atoms with Gasteiger partial charge < -0.3 is 20.4 Å². The SMILES string of the molecule is CCCN1CCC(NC(=NCCCCN2CCN(c3ccccc3)CC2)NCC)CC1.I. The van der Waals surface area contributed by atoms with E-state index in [1.807, 2.05) is 0 Å². The monoisotopic (exact) mass is 556 g/mol. The van der Waals surface area contributed by atoms with Gasteiger partial charge in [0.25, 0.3) is 0 Å². The molecule has 2 aliphatic rings. The minimum atomic E-state index is 0. The normalized spacial score (nSPS) is 18.9. The van der Waals surface area contributed by atoms with Crippen LogP contribution in [-0.2, 0) is 0 Å². The largest absolute Gasteiger partial charge is 0.369 e. The summed E-state index contributed by atoms with van der Waals surface area (Å²) in [5.74, 6) is 1.01. The highest BCUT2D eigenvalue weighted by Gasteiger charge is 2.19. The van der Waals surface area contributed by atoms with E-state index in [1.54, 1.807) is 0 Å². The van der Waals surface area contributed by atoms with Crippen LogP contribution in [0.5, 0.6) is 0 Å².